The van der Waals surface area contributed by atoms with Crippen molar-refractivity contribution in [2.45, 2.75) is 12.0 Å². The van der Waals surface area contributed by atoms with Gasteiger partial charge in [-0.05, 0) is 23.2 Å². The summed E-state index contributed by atoms with van der Waals surface area (Å²) in [6, 6.07) is 13.2. The lowest BCUT2D eigenvalue weighted by Gasteiger charge is -2.21. The van der Waals surface area contributed by atoms with E-state index in [0.29, 0.717) is 41.4 Å². The van der Waals surface area contributed by atoms with Crippen LogP contribution in [0.2, 0.25) is 5.28 Å². The number of nitrogens with zero attached hydrogens (tertiary/aromatic N) is 3. The number of fused-ring (bicyclic) bond motifs is 1. The number of hydrogen-bond acceptors (Lipinski definition) is 7. The van der Waals surface area contributed by atoms with Gasteiger partial charge in [-0.3, -0.25) is 10.2 Å². The summed E-state index contributed by atoms with van der Waals surface area (Å²) in [6.07, 6.45) is 0. The van der Waals surface area contributed by atoms with Crippen molar-refractivity contribution in [3.05, 3.63) is 53.3 Å². The Morgan fingerprint density at radius 1 is 1.09 bits per heavy atom. The smallest absolute Gasteiger partial charge is 0.320 e. The zero-order chi connectivity index (χ0) is 24.1. The monoisotopic (exact) mass is 485 g/mol. The maximum absolute atomic E-state index is 13.1. The van der Waals surface area contributed by atoms with E-state index in [9.17, 15) is 4.79 Å². The van der Waals surface area contributed by atoms with Gasteiger partial charge in [-0.25, -0.2) is 9.78 Å². The molecule has 2 N–H and O–H groups in total. The molecule has 1 aliphatic heterocycles. The molecule has 0 radical (unpaired) electrons. The zero-order valence-electron chi connectivity index (χ0n) is 19.4. The molecule has 0 saturated carbocycles. The van der Waals surface area contributed by atoms with E-state index in [4.69, 9.17) is 25.8 Å². The summed E-state index contributed by atoms with van der Waals surface area (Å²) in [5.41, 5.74) is 1.71. The minimum Gasteiger partial charge on any atom is -0.493 e. The summed E-state index contributed by atoms with van der Waals surface area (Å²) in [6.45, 7) is 2.98. The van der Waals surface area contributed by atoms with Crippen LogP contribution in [0.1, 0.15) is 11.5 Å². The second-order valence-corrected chi connectivity index (χ2v) is 8.38. The van der Waals surface area contributed by atoms with Crippen LogP contribution < -0.4 is 20.1 Å². The van der Waals surface area contributed by atoms with Crippen LogP contribution in [0.4, 0.5) is 10.6 Å². The van der Waals surface area contributed by atoms with Crippen molar-refractivity contribution in [1.29, 1.82) is 0 Å². The Morgan fingerprint density at radius 2 is 1.82 bits per heavy atom. The number of ether oxygens (including phenoxy) is 3. The molecule has 0 bridgehead atoms. The number of aromatic nitrogens is 2. The molecule has 2 atom stereocenters. The summed E-state index contributed by atoms with van der Waals surface area (Å²) in [4.78, 5) is 23.9. The highest BCUT2D eigenvalue weighted by atomic mass is 35.5. The number of urea groups is 1. The first kappa shape index (κ1) is 24.0. The molecule has 10 heteroatoms. The normalized spacial score (nSPS) is 18.1. The Kier molecular flexibility index (Phi) is 7.66. The quantitative estimate of drug-likeness (QED) is 0.471. The fourth-order valence-corrected chi connectivity index (χ4v) is 4.48. The highest BCUT2D eigenvalue weighted by molar-refractivity contribution is 6.29. The lowest BCUT2D eigenvalue weighted by Crippen LogP contribution is -2.42. The molecule has 3 aromatic rings. The summed E-state index contributed by atoms with van der Waals surface area (Å²) < 4.78 is 16.0. The number of amides is 2. The third-order valence-corrected chi connectivity index (χ3v) is 6.13. The van der Waals surface area contributed by atoms with Crippen molar-refractivity contribution >= 4 is 34.4 Å². The Morgan fingerprint density at radius 3 is 2.53 bits per heavy atom. The van der Waals surface area contributed by atoms with Gasteiger partial charge >= 0.3 is 6.03 Å². The highest BCUT2D eigenvalue weighted by Gasteiger charge is 2.34. The van der Waals surface area contributed by atoms with Gasteiger partial charge in [0.15, 0.2) is 11.5 Å². The van der Waals surface area contributed by atoms with Crippen LogP contribution >= 0.6 is 11.6 Å². The molecule has 1 aromatic heterocycles. The van der Waals surface area contributed by atoms with Crippen LogP contribution in [0, 0.1) is 0 Å². The second-order valence-electron chi connectivity index (χ2n) is 8.04. The molecule has 1 fully saturated rings. The number of rotatable bonds is 8. The molecular formula is C24H28ClN5O4. The van der Waals surface area contributed by atoms with E-state index in [1.807, 2.05) is 18.2 Å². The van der Waals surface area contributed by atoms with Gasteiger partial charge in [-0.15, -0.1) is 0 Å². The van der Waals surface area contributed by atoms with Gasteiger partial charge in [0.25, 0.3) is 0 Å². The third-order valence-electron chi connectivity index (χ3n) is 5.96. The molecule has 9 nitrogen and oxygen atoms in total. The molecule has 2 amide bonds. The van der Waals surface area contributed by atoms with Gasteiger partial charge in [0.2, 0.25) is 5.28 Å². The number of anilines is 1. The minimum atomic E-state index is -0.370. The molecule has 0 aliphatic carbocycles. The van der Waals surface area contributed by atoms with Crippen LogP contribution in [-0.4, -0.2) is 74.5 Å². The van der Waals surface area contributed by atoms with Crippen LogP contribution in [0.25, 0.3) is 10.9 Å². The number of nitrogens with one attached hydrogen (secondary N) is 2. The number of carbonyl (C=O) groups excluding carboxylic acids is 1. The Labute approximate surface area is 203 Å². The van der Waals surface area contributed by atoms with E-state index in [0.717, 1.165) is 13.1 Å². The van der Waals surface area contributed by atoms with E-state index < -0.39 is 0 Å². The molecule has 2 heterocycles. The van der Waals surface area contributed by atoms with Crippen LogP contribution in [0.5, 0.6) is 11.5 Å². The van der Waals surface area contributed by atoms with Crippen LogP contribution in [-0.2, 0) is 4.74 Å². The van der Waals surface area contributed by atoms with E-state index in [2.05, 4.69) is 37.6 Å². The Hall–Kier alpha value is -3.14. The maximum atomic E-state index is 13.1. The first-order chi connectivity index (χ1) is 16.5. The lowest BCUT2D eigenvalue weighted by molar-refractivity contribution is 0.159. The van der Waals surface area contributed by atoms with Crippen molar-refractivity contribution in [2.75, 3.05) is 52.9 Å². The van der Waals surface area contributed by atoms with E-state index in [1.165, 1.54) is 5.56 Å². The topological polar surface area (TPSA) is 97.8 Å². The first-order valence-corrected chi connectivity index (χ1v) is 11.3. The Balaban J connectivity index is 1.56. The van der Waals surface area contributed by atoms with Crippen LogP contribution in [0.3, 0.4) is 0 Å². The van der Waals surface area contributed by atoms with Crippen molar-refractivity contribution in [2.24, 2.45) is 0 Å². The third kappa shape index (κ3) is 5.32. The summed E-state index contributed by atoms with van der Waals surface area (Å²) >= 11 is 6.13. The standard InChI is InChI=1S/C24H28ClN5O4/c1-32-10-9-30-13-17(15-7-5-4-6-8-15)19(14-30)27-24(31)29-22-16-11-20(33-2)21(34-3)12-18(16)26-23(25)28-22/h4-8,11-12,17,19H,9-10,13-14H2,1-3H3,(H2,26,27,28,29,31)/t17-,19+/m0/s1. The molecule has 2 aromatic carbocycles. The fraction of sp³-hybridized carbons (Fsp3) is 0.375. The number of carbonyl (C=O) groups is 1. The van der Waals surface area contributed by atoms with Gasteiger partial charge in [0.05, 0.1) is 32.4 Å². The van der Waals surface area contributed by atoms with E-state index >= 15 is 0 Å². The SMILES string of the molecule is COCCN1C[C@@H](NC(=O)Nc2nc(Cl)nc3cc(OC)c(OC)cc23)[C@H](c2ccccc2)C1. The number of hydrogen-bond donors (Lipinski definition) is 2. The fourth-order valence-electron chi connectivity index (χ4n) is 4.31. The second kappa shape index (κ2) is 10.9. The minimum absolute atomic E-state index is 0.0174. The van der Waals surface area contributed by atoms with Gasteiger partial charge in [-0.1, -0.05) is 30.3 Å². The number of benzene rings is 2. The lowest BCUT2D eigenvalue weighted by atomic mass is 9.94. The predicted octanol–water partition coefficient (Wildman–Crippen LogP) is 3.54. The van der Waals surface area contributed by atoms with Gasteiger partial charge < -0.3 is 19.5 Å². The molecule has 4 rings (SSSR count). The summed E-state index contributed by atoms with van der Waals surface area (Å²) in [7, 11) is 4.77. The van der Waals surface area contributed by atoms with Gasteiger partial charge in [0, 0.05) is 44.1 Å². The molecule has 1 aliphatic rings. The number of likely N-dealkylation sites (tertiary alicyclic amines) is 1. The molecule has 34 heavy (non-hydrogen) atoms. The van der Waals surface area contributed by atoms with E-state index in [-0.39, 0.29) is 23.3 Å². The largest absolute Gasteiger partial charge is 0.493 e. The maximum Gasteiger partial charge on any atom is 0.320 e. The van der Waals surface area contributed by atoms with Crippen molar-refractivity contribution in [1.82, 2.24) is 20.2 Å². The molecule has 180 valence electrons. The van der Waals surface area contributed by atoms with Gasteiger partial charge in [0.1, 0.15) is 5.82 Å². The Bertz CT molecular complexity index is 1150. The number of methoxy groups -OCH3 is 3. The van der Waals surface area contributed by atoms with Crippen molar-refractivity contribution in [3.8, 4) is 11.5 Å². The highest BCUT2D eigenvalue weighted by Crippen LogP contribution is 2.34. The van der Waals surface area contributed by atoms with Crippen molar-refractivity contribution in [3.63, 3.8) is 0 Å². The summed E-state index contributed by atoms with van der Waals surface area (Å²) in [5, 5.41) is 6.58. The van der Waals surface area contributed by atoms with Gasteiger partial charge in [-0.2, -0.15) is 4.98 Å². The van der Waals surface area contributed by atoms with E-state index in [1.54, 1.807) is 33.5 Å². The summed E-state index contributed by atoms with van der Waals surface area (Å²) in [5.74, 6) is 1.45. The number of halogens is 1. The average molecular weight is 486 g/mol. The van der Waals surface area contributed by atoms with Crippen molar-refractivity contribution < 1.29 is 19.0 Å². The average Bonchev–Trinajstić information content (AvgIpc) is 3.24. The van der Waals surface area contributed by atoms with Crippen LogP contribution in [0.15, 0.2) is 42.5 Å². The molecule has 1 saturated heterocycles. The molecule has 0 unspecified atom stereocenters. The first-order valence-electron chi connectivity index (χ1n) is 11.0. The predicted molar refractivity (Wildman–Crippen MR) is 131 cm³/mol. The molecule has 0 spiro atoms. The zero-order valence-corrected chi connectivity index (χ0v) is 20.1. The molecular weight excluding hydrogens is 458 g/mol.